The molecule has 2 N–H and O–H groups in total. The smallest absolute Gasteiger partial charge is 0.240 e. The van der Waals surface area contributed by atoms with E-state index in [-0.39, 0.29) is 6.04 Å². The van der Waals surface area contributed by atoms with Crippen LogP contribution >= 0.6 is 11.8 Å². The van der Waals surface area contributed by atoms with Crippen molar-refractivity contribution in [3.8, 4) is 0 Å². The lowest BCUT2D eigenvalue weighted by Crippen LogP contribution is -2.46. The molecule has 2 heterocycles. The minimum atomic E-state index is 0.0677. The van der Waals surface area contributed by atoms with Crippen LogP contribution in [0.15, 0.2) is 0 Å². The first-order valence-corrected chi connectivity index (χ1v) is 6.34. The van der Waals surface area contributed by atoms with Gasteiger partial charge in [-0.2, -0.15) is 0 Å². The second-order valence-corrected chi connectivity index (χ2v) is 4.73. The van der Waals surface area contributed by atoms with Gasteiger partial charge >= 0.3 is 0 Å². The average molecular weight is 215 g/mol. The molecule has 1 amide bonds. The van der Waals surface area contributed by atoms with E-state index >= 15 is 0 Å². The van der Waals surface area contributed by atoms with Crippen molar-refractivity contribution in [3.63, 3.8) is 0 Å². The molecule has 0 spiro atoms. The second kappa shape index (κ2) is 5.00. The fraction of sp³-hybridized carbons (Fsp3) is 0.889. The second-order valence-electron chi connectivity index (χ2n) is 3.70. The highest BCUT2D eigenvalue weighted by molar-refractivity contribution is 7.99. The zero-order valence-electron chi connectivity index (χ0n) is 8.29. The van der Waals surface area contributed by atoms with Gasteiger partial charge in [0, 0.05) is 31.3 Å². The SMILES string of the molecule is O=C(C1CSCN1)N1CCCNCC1. The highest BCUT2D eigenvalue weighted by Gasteiger charge is 2.27. The lowest BCUT2D eigenvalue weighted by Gasteiger charge is -2.23. The molecular formula is C9H17N3OS. The summed E-state index contributed by atoms with van der Waals surface area (Å²) in [5.41, 5.74) is 0. The van der Waals surface area contributed by atoms with Gasteiger partial charge in [0.2, 0.25) is 5.91 Å². The summed E-state index contributed by atoms with van der Waals surface area (Å²) in [5.74, 6) is 2.14. The molecule has 2 rings (SSSR count). The first-order valence-electron chi connectivity index (χ1n) is 5.18. The Kier molecular flexibility index (Phi) is 3.67. The van der Waals surface area contributed by atoms with Gasteiger partial charge in [-0.05, 0) is 13.0 Å². The van der Waals surface area contributed by atoms with Crippen molar-refractivity contribution in [1.82, 2.24) is 15.5 Å². The summed E-state index contributed by atoms with van der Waals surface area (Å²) in [6.45, 7) is 3.75. The zero-order valence-corrected chi connectivity index (χ0v) is 9.11. The van der Waals surface area contributed by atoms with E-state index in [1.165, 1.54) is 0 Å². The van der Waals surface area contributed by atoms with E-state index in [1.54, 1.807) is 11.8 Å². The zero-order chi connectivity index (χ0) is 9.80. The van der Waals surface area contributed by atoms with E-state index in [1.807, 2.05) is 4.90 Å². The summed E-state index contributed by atoms with van der Waals surface area (Å²) >= 11 is 1.81. The van der Waals surface area contributed by atoms with Crippen LogP contribution in [0.5, 0.6) is 0 Å². The van der Waals surface area contributed by atoms with E-state index in [4.69, 9.17) is 0 Å². The Bertz CT molecular complexity index is 198. The standard InChI is InChI=1S/C9H17N3OS/c13-9(8-6-14-7-11-8)12-4-1-2-10-3-5-12/h8,10-11H,1-7H2. The maximum absolute atomic E-state index is 12.0. The first kappa shape index (κ1) is 10.3. The monoisotopic (exact) mass is 215 g/mol. The van der Waals surface area contributed by atoms with Gasteiger partial charge in [0.05, 0.1) is 6.04 Å². The number of nitrogens with one attached hydrogen (secondary N) is 2. The molecule has 0 aromatic carbocycles. The Balaban J connectivity index is 1.88. The number of nitrogens with zero attached hydrogens (tertiary/aromatic N) is 1. The van der Waals surface area contributed by atoms with Crippen molar-refractivity contribution in [1.29, 1.82) is 0 Å². The van der Waals surface area contributed by atoms with Crippen LogP contribution in [0.2, 0.25) is 0 Å². The highest BCUT2D eigenvalue weighted by Crippen LogP contribution is 2.12. The van der Waals surface area contributed by atoms with E-state index in [9.17, 15) is 4.79 Å². The third-order valence-corrected chi connectivity index (χ3v) is 3.61. The summed E-state index contributed by atoms with van der Waals surface area (Å²) in [5, 5.41) is 6.53. The summed E-state index contributed by atoms with van der Waals surface area (Å²) in [6, 6.07) is 0.0677. The van der Waals surface area contributed by atoms with Crippen LogP contribution in [-0.4, -0.2) is 54.7 Å². The molecule has 0 aromatic heterocycles. The predicted octanol–water partition coefficient (Wildman–Crippen LogP) is -0.529. The van der Waals surface area contributed by atoms with Gasteiger partial charge in [0.1, 0.15) is 0 Å². The number of carbonyl (C=O) groups excluding carboxylic acids is 1. The van der Waals surface area contributed by atoms with Crippen LogP contribution in [0.3, 0.4) is 0 Å². The van der Waals surface area contributed by atoms with Crippen molar-refractivity contribution in [2.24, 2.45) is 0 Å². The molecule has 1 unspecified atom stereocenters. The van der Waals surface area contributed by atoms with Crippen molar-refractivity contribution >= 4 is 17.7 Å². The molecule has 2 saturated heterocycles. The molecule has 14 heavy (non-hydrogen) atoms. The highest BCUT2D eigenvalue weighted by atomic mass is 32.2. The molecule has 0 aromatic rings. The quantitative estimate of drug-likeness (QED) is 0.617. The molecule has 1 atom stereocenters. The largest absolute Gasteiger partial charge is 0.340 e. The van der Waals surface area contributed by atoms with Gasteiger partial charge in [0.15, 0.2) is 0 Å². The molecule has 80 valence electrons. The molecule has 2 aliphatic rings. The lowest BCUT2D eigenvalue weighted by molar-refractivity contribution is -0.132. The van der Waals surface area contributed by atoms with Gasteiger partial charge in [-0.15, -0.1) is 11.8 Å². The van der Waals surface area contributed by atoms with Crippen LogP contribution in [0.4, 0.5) is 0 Å². The fourth-order valence-corrected chi connectivity index (χ4v) is 2.77. The predicted molar refractivity (Wildman–Crippen MR) is 58.3 cm³/mol. The Labute approximate surface area is 88.8 Å². The third kappa shape index (κ3) is 2.40. The van der Waals surface area contributed by atoms with Gasteiger partial charge in [-0.25, -0.2) is 0 Å². The Morgan fingerprint density at radius 2 is 2.29 bits per heavy atom. The minimum absolute atomic E-state index is 0.0677. The average Bonchev–Trinajstić information content (AvgIpc) is 2.59. The fourth-order valence-electron chi connectivity index (χ4n) is 1.84. The van der Waals surface area contributed by atoms with Crippen LogP contribution in [-0.2, 0) is 4.79 Å². The van der Waals surface area contributed by atoms with Crippen molar-refractivity contribution in [3.05, 3.63) is 0 Å². The van der Waals surface area contributed by atoms with Gasteiger partial charge < -0.3 is 10.2 Å². The maximum atomic E-state index is 12.0. The lowest BCUT2D eigenvalue weighted by atomic mass is 10.2. The molecule has 0 aliphatic carbocycles. The van der Waals surface area contributed by atoms with Gasteiger partial charge in [-0.3, -0.25) is 10.1 Å². The minimum Gasteiger partial charge on any atom is -0.340 e. The Morgan fingerprint density at radius 3 is 3.07 bits per heavy atom. The van der Waals surface area contributed by atoms with E-state index in [0.717, 1.165) is 44.2 Å². The molecule has 2 aliphatic heterocycles. The Hall–Kier alpha value is -0.260. The summed E-state index contributed by atoms with van der Waals surface area (Å²) in [4.78, 5) is 14.0. The number of hydrogen-bond acceptors (Lipinski definition) is 4. The number of carbonyl (C=O) groups is 1. The topological polar surface area (TPSA) is 44.4 Å². The number of rotatable bonds is 1. The van der Waals surface area contributed by atoms with Crippen LogP contribution in [0, 0.1) is 0 Å². The molecule has 0 radical (unpaired) electrons. The maximum Gasteiger partial charge on any atom is 0.240 e. The van der Waals surface area contributed by atoms with Crippen LogP contribution < -0.4 is 10.6 Å². The normalized spacial score (nSPS) is 28.9. The molecule has 2 fully saturated rings. The van der Waals surface area contributed by atoms with Crippen LogP contribution in [0.25, 0.3) is 0 Å². The summed E-state index contributed by atoms with van der Waals surface area (Å²) < 4.78 is 0. The molecule has 0 bridgehead atoms. The number of amides is 1. The summed E-state index contributed by atoms with van der Waals surface area (Å²) in [7, 11) is 0. The summed E-state index contributed by atoms with van der Waals surface area (Å²) in [6.07, 6.45) is 1.08. The number of thioether (sulfide) groups is 1. The van der Waals surface area contributed by atoms with Crippen molar-refractivity contribution < 1.29 is 4.79 Å². The number of hydrogen-bond donors (Lipinski definition) is 2. The molecule has 5 heteroatoms. The van der Waals surface area contributed by atoms with Crippen LogP contribution in [0.1, 0.15) is 6.42 Å². The van der Waals surface area contributed by atoms with Gasteiger partial charge in [-0.1, -0.05) is 0 Å². The molecular weight excluding hydrogens is 198 g/mol. The van der Waals surface area contributed by atoms with E-state index < -0.39 is 0 Å². The van der Waals surface area contributed by atoms with E-state index in [2.05, 4.69) is 10.6 Å². The molecule has 4 nitrogen and oxygen atoms in total. The third-order valence-electron chi connectivity index (χ3n) is 2.67. The van der Waals surface area contributed by atoms with Gasteiger partial charge in [0.25, 0.3) is 0 Å². The molecule has 0 saturated carbocycles. The van der Waals surface area contributed by atoms with E-state index in [0.29, 0.717) is 5.91 Å². The Morgan fingerprint density at radius 1 is 1.36 bits per heavy atom. The van der Waals surface area contributed by atoms with Crippen molar-refractivity contribution in [2.75, 3.05) is 37.8 Å². The van der Waals surface area contributed by atoms with Crippen molar-refractivity contribution in [2.45, 2.75) is 12.5 Å². The first-order chi connectivity index (χ1) is 6.88.